The van der Waals surface area contributed by atoms with Crippen LogP contribution in [-0.4, -0.2) is 29.1 Å². The van der Waals surface area contributed by atoms with Gasteiger partial charge in [0.15, 0.2) is 11.4 Å². The monoisotopic (exact) mass is 224 g/mol. The van der Waals surface area contributed by atoms with Crippen LogP contribution in [0.3, 0.4) is 0 Å². The highest BCUT2D eigenvalue weighted by molar-refractivity contribution is 7.98. The third-order valence-corrected chi connectivity index (χ3v) is 2.19. The maximum Gasteiger partial charge on any atom is 0.187 e. The number of aromatic nitrogens is 2. The molecule has 15 heavy (non-hydrogen) atoms. The van der Waals surface area contributed by atoms with Gasteiger partial charge in [0.25, 0.3) is 0 Å². The summed E-state index contributed by atoms with van der Waals surface area (Å²) in [5.74, 6) is 0. The van der Waals surface area contributed by atoms with Crippen molar-refractivity contribution in [3.05, 3.63) is 23.7 Å². The van der Waals surface area contributed by atoms with Crippen LogP contribution in [0.25, 0.3) is 6.08 Å². The average molecular weight is 224 g/mol. The zero-order valence-electron chi connectivity index (χ0n) is 8.64. The van der Waals surface area contributed by atoms with Crippen molar-refractivity contribution in [2.24, 2.45) is 0 Å². The number of ether oxygens (including phenoxy) is 1. The maximum atomic E-state index is 10.8. The Morgan fingerprint density at radius 2 is 2.40 bits per heavy atom. The number of nitrogens with zero attached hydrogens (tertiary/aromatic N) is 2. The molecule has 1 aromatic rings. The molecule has 0 atom stereocenters. The molecule has 4 nitrogen and oxygen atoms in total. The van der Waals surface area contributed by atoms with Gasteiger partial charge in [-0.1, -0.05) is 11.8 Å². The third kappa shape index (κ3) is 3.36. The van der Waals surface area contributed by atoms with Gasteiger partial charge in [-0.2, -0.15) is 0 Å². The predicted molar refractivity (Wildman–Crippen MR) is 59.9 cm³/mol. The summed E-state index contributed by atoms with van der Waals surface area (Å²) in [6.07, 6.45) is 7.40. The Balaban J connectivity index is 2.92. The van der Waals surface area contributed by atoms with Crippen molar-refractivity contribution in [1.82, 2.24) is 9.97 Å². The van der Waals surface area contributed by atoms with Crippen LogP contribution in [0, 0.1) is 0 Å². The number of hydrogen-bond donors (Lipinski definition) is 0. The van der Waals surface area contributed by atoms with Crippen LogP contribution in [-0.2, 0) is 4.74 Å². The number of carbonyl (C=O) groups excluding carboxylic acids is 1. The molecule has 0 aliphatic carbocycles. The number of rotatable bonds is 5. The highest BCUT2D eigenvalue weighted by Gasteiger charge is 2.02. The first-order valence-electron chi connectivity index (χ1n) is 4.46. The summed E-state index contributed by atoms with van der Waals surface area (Å²) in [6.45, 7) is 2.48. The Morgan fingerprint density at radius 1 is 1.60 bits per heavy atom. The van der Waals surface area contributed by atoms with E-state index in [1.165, 1.54) is 18.0 Å². The lowest BCUT2D eigenvalue weighted by Crippen LogP contribution is -1.96. The van der Waals surface area contributed by atoms with Gasteiger partial charge in [-0.05, 0) is 19.3 Å². The van der Waals surface area contributed by atoms with E-state index in [-0.39, 0.29) is 0 Å². The minimum atomic E-state index is 0.380. The summed E-state index contributed by atoms with van der Waals surface area (Å²) in [5.41, 5.74) is 1.04. The van der Waals surface area contributed by atoms with Crippen molar-refractivity contribution >= 4 is 24.1 Å². The average Bonchev–Trinajstić information content (AvgIpc) is 2.29. The topological polar surface area (TPSA) is 52.1 Å². The molecule has 0 N–H and O–H groups in total. The van der Waals surface area contributed by atoms with Crippen molar-refractivity contribution in [2.75, 3.05) is 12.9 Å². The second kappa shape index (κ2) is 6.19. The van der Waals surface area contributed by atoms with Crippen LogP contribution in [0.2, 0.25) is 0 Å². The third-order valence-electron chi connectivity index (χ3n) is 1.63. The second-order valence-corrected chi connectivity index (χ2v) is 3.35. The summed E-state index contributed by atoms with van der Waals surface area (Å²) in [7, 11) is 0. The van der Waals surface area contributed by atoms with Gasteiger partial charge in [0, 0.05) is 11.8 Å². The first kappa shape index (κ1) is 11.7. The molecule has 0 aliphatic heterocycles. The van der Waals surface area contributed by atoms with E-state index in [1.807, 2.05) is 13.2 Å². The first-order valence-corrected chi connectivity index (χ1v) is 5.68. The van der Waals surface area contributed by atoms with Gasteiger partial charge in [0.2, 0.25) is 0 Å². The minimum absolute atomic E-state index is 0.380. The van der Waals surface area contributed by atoms with E-state index in [9.17, 15) is 4.79 Å². The molecule has 1 heterocycles. The smallest absolute Gasteiger partial charge is 0.187 e. The lowest BCUT2D eigenvalue weighted by molar-refractivity contribution is 0.111. The largest absolute Gasteiger partial charge is 0.501 e. The second-order valence-electron chi connectivity index (χ2n) is 2.57. The van der Waals surface area contributed by atoms with Crippen molar-refractivity contribution in [3.63, 3.8) is 0 Å². The molecule has 0 aliphatic rings. The summed E-state index contributed by atoms with van der Waals surface area (Å²) in [4.78, 5) is 18.9. The van der Waals surface area contributed by atoms with Crippen LogP contribution in [0.5, 0.6) is 0 Å². The molecule has 1 aromatic heterocycles. The molecule has 80 valence electrons. The summed E-state index contributed by atoms with van der Waals surface area (Å²) in [5, 5.41) is 0.589. The molecule has 0 saturated carbocycles. The van der Waals surface area contributed by atoms with Crippen molar-refractivity contribution in [1.29, 1.82) is 0 Å². The summed E-state index contributed by atoms with van der Waals surface area (Å²) in [6, 6.07) is 0. The highest BCUT2D eigenvalue weighted by Crippen LogP contribution is 2.11. The number of carbonyl (C=O) groups is 1. The van der Waals surface area contributed by atoms with E-state index in [0.717, 1.165) is 0 Å². The molecule has 0 unspecified atom stereocenters. The normalized spacial score (nSPS) is 10.5. The van der Waals surface area contributed by atoms with Crippen LogP contribution in [0.1, 0.15) is 23.0 Å². The van der Waals surface area contributed by atoms with Crippen molar-refractivity contribution in [2.45, 2.75) is 12.1 Å². The molecule has 0 radical (unpaired) electrons. The van der Waals surface area contributed by atoms with Gasteiger partial charge in [-0.25, -0.2) is 9.97 Å². The van der Waals surface area contributed by atoms with Crippen LogP contribution in [0.4, 0.5) is 0 Å². The molecule has 0 fully saturated rings. The molecular formula is C10H12N2O2S. The standard InChI is InChI=1S/C10H12N2O2S/c1-3-14-5-4-8-6-11-10(15-2)12-9(8)7-13/h4-7H,3H2,1-2H3/b5-4+. The quantitative estimate of drug-likeness (QED) is 0.331. The minimum Gasteiger partial charge on any atom is -0.501 e. The highest BCUT2D eigenvalue weighted by atomic mass is 32.2. The number of thioether (sulfide) groups is 1. The molecule has 0 bridgehead atoms. The van der Waals surface area contributed by atoms with Crippen LogP contribution >= 0.6 is 11.8 Å². The van der Waals surface area contributed by atoms with Gasteiger partial charge >= 0.3 is 0 Å². The lowest BCUT2D eigenvalue weighted by atomic mass is 10.2. The molecule has 0 amide bonds. The van der Waals surface area contributed by atoms with Crippen LogP contribution < -0.4 is 0 Å². The molecule has 5 heteroatoms. The van der Waals surface area contributed by atoms with E-state index in [4.69, 9.17) is 4.74 Å². The van der Waals surface area contributed by atoms with Gasteiger partial charge in [-0.15, -0.1) is 0 Å². The fourth-order valence-corrected chi connectivity index (χ4v) is 1.27. The Kier molecular flexibility index (Phi) is 4.83. The predicted octanol–water partition coefficient (Wildman–Crippen LogP) is 2.02. The van der Waals surface area contributed by atoms with E-state index < -0.39 is 0 Å². The van der Waals surface area contributed by atoms with Crippen molar-refractivity contribution in [3.8, 4) is 0 Å². The molecule has 0 aromatic carbocycles. The van der Waals surface area contributed by atoms with E-state index >= 15 is 0 Å². The Labute approximate surface area is 92.8 Å². The van der Waals surface area contributed by atoms with Crippen LogP contribution in [0.15, 0.2) is 17.6 Å². The van der Waals surface area contributed by atoms with Gasteiger partial charge < -0.3 is 4.74 Å². The zero-order valence-corrected chi connectivity index (χ0v) is 9.45. The summed E-state index contributed by atoms with van der Waals surface area (Å²) >= 11 is 1.40. The number of aldehydes is 1. The van der Waals surface area contributed by atoms with E-state index in [0.29, 0.717) is 29.3 Å². The molecule has 0 spiro atoms. The number of hydrogen-bond acceptors (Lipinski definition) is 5. The molecule has 1 rings (SSSR count). The Bertz CT molecular complexity index is 366. The lowest BCUT2D eigenvalue weighted by Gasteiger charge is -2.00. The molecule has 0 saturated heterocycles. The van der Waals surface area contributed by atoms with E-state index in [2.05, 4.69) is 9.97 Å². The van der Waals surface area contributed by atoms with Gasteiger partial charge in [-0.3, -0.25) is 4.79 Å². The van der Waals surface area contributed by atoms with Gasteiger partial charge in [0.1, 0.15) is 5.69 Å². The molecular weight excluding hydrogens is 212 g/mol. The maximum absolute atomic E-state index is 10.8. The van der Waals surface area contributed by atoms with E-state index in [1.54, 1.807) is 12.3 Å². The first-order chi connectivity index (χ1) is 7.31. The Hall–Kier alpha value is -1.36. The fourth-order valence-electron chi connectivity index (χ4n) is 0.926. The fraction of sp³-hybridized carbons (Fsp3) is 0.300. The van der Waals surface area contributed by atoms with Crippen molar-refractivity contribution < 1.29 is 9.53 Å². The Morgan fingerprint density at radius 3 is 3.00 bits per heavy atom. The van der Waals surface area contributed by atoms with Gasteiger partial charge in [0.05, 0.1) is 12.9 Å². The zero-order chi connectivity index (χ0) is 11.1. The SMILES string of the molecule is CCO/C=C/c1cnc(SC)nc1C=O. The summed E-state index contributed by atoms with van der Waals surface area (Å²) < 4.78 is 5.04.